The van der Waals surface area contributed by atoms with Crippen LogP contribution >= 0.6 is 0 Å². The summed E-state index contributed by atoms with van der Waals surface area (Å²) in [5.41, 5.74) is 1.40. The number of rotatable bonds is 7. The molecule has 0 bridgehead atoms. The Morgan fingerprint density at radius 1 is 0.667 bits per heavy atom. The lowest BCUT2D eigenvalue weighted by Crippen LogP contribution is -2.00. The monoisotopic (exact) mass is 333 g/mol. The molecule has 0 aliphatic rings. The first kappa shape index (κ1) is 17.6. The Labute approximate surface area is 141 Å². The van der Waals surface area contributed by atoms with Crippen LogP contribution in [0.1, 0.15) is 0 Å². The Bertz CT molecular complexity index is 686. The van der Waals surface area contributed by atoms with E-state index >= 15 is 0 Å². The molecule has 0 saturated heterocycles. The van der Waals surface area contributed by atoms with Crippen molar-refractivity contribution in [3.63, 3.8) is 0 Å². The van der Waals surface area contributed by atoms with Gasteiger partial charge in [0, 0.05) is 23.8 Å². The topological polar surface area (TPSA) is 55.4 Å². The fraction of sp³-hybridized carbons (Fsp3) is 0.333. The molecule has 2 rings (SSSR count). The van der Waals surface area contributed by atoms with Crippen molar-refractivity contribution in [1.29, 1.82) is 0 Å². The molecule has 6 nitrogen and oxygen atoms in total. The molecule has 6 heteroatoms. The highest BCUT2D eigenvalue weighted by Crippen LogP contribution is 2.50. The SMILES string of the molecule is COc1cc(OC)c(-c2c[c]c(OC)c(OC)c2OC)c(OC)c1. The van der Waals surface area contributed by atoms with Crippen molar-refractivity contribution < 1.29 is 28.4 Å². The highest BCUT2D eigenvalue weighted by atomic mass is 16.5. The van der Waals surface area contributed by atoms with E-state index in [1.807, 2.05) is 0 Å². The van der Waals surface area contributed by atoms with Crippen molar-refractivity contribution in [2.24, 2.45) is 0 Å². The summed E-state index contributed by atoms with van der Waals surface area (Å²) < 4.78 is 32.6. The summed E-state index contributed by atoms with van der Waals surface area (Å²) in [6.45, 7) is 0. The summed E-state index contributed by atoms with van der Waals surface area (Å²) in [7, 11) is 9.38. The molecular weight excluding hydrogens is 312 g/mol. The molecule has 24 heavy (non-hydrogen) atoms. The van der Waals surface area contributed by atoms with Crippen LogP contribution in [0.5, 0.6) is 34.5 Å². The second kappa shape index (κ2) is 7.68. The molecule has 1 radical (unpaired) electrons. The van der Waals surface area contributed by atoms with Crippen molar-refractivity contribution in [1.82, 2.24) is 0 Å². The highest BCUT2D eigenvalue weighted by molar-refractivity contribution is 5.85. The Morgan fingerprint density at radius 3 is 1.67 bits per heavy atom. The number of methoxy groups -OCH3 is 6. The molecule has 0 aromatic heterocycles. The second-order valence-corrected chi connectivity index (χ2v) is 4.71. The third kappa shape index (κ3) is 2.99. The van der Waals surface area contributed by atoms with E-state index in [1.165, 1.54) is 0 Å². The van der Waals surface area contributed by atoms with Crippen molar-refractivity contribution in [3.05, 3.63) is 24.3 Å². The van der Waals surface area contributed by atoms with Crippen LogP contribution in [0.3, 0.4) is 0 Å². The minimum absolute atomic E-state index is 0.442. The maximum Gasteiger partial charge on any atom is 0.204 e. The average Bonchev–Trinajstić information content (AvgIpc) is 2.65. The number of benzene rings is 2. The van der Waals surface area contributed by atoms with Gasteiger partial charge in [-0.05, 0) is 6.07 Å². The first-order valence-corrected chi connectivity index (χ1v) is 7.16. The number of hydrogen-bond acceptors (Lipinski definition) is 6. The largest absolute Gasteiger partial charge is 0.496 e. The maximum atomic E-state index is 5.55. The Kier molecular flexibility index (Phi) is 5.63. The van der Waals surface area contributed by atoms with Crippen molar-refractivity contribution in [3.8, 4) is 45.6 Å². The van der Waals surface area contributed by atoms with Crippen LogP contribution in [0.15, 0.2) is 18.2 Å². The highest BCUT2D eigenvalue weighted by Gasteiger charge is 2.23. The third-order valence-corrected chi connectivity index (χ3v) is 3.60. The van der Waals surface area contributed by atoms with Gasteiger partial charge in [-0.3, -0.25) is 0 Å². The molecule has 0 aliphatic heterocycles. The molecule has 0 amide bonds. The van der Waals surface area contributed by atoms with Gasteiger partial charge in [0.15, 0.2) is 11.5 Å². The van der Waals surface area contributed by atoms with Gasteiger partial charge in [0.2, 0.25) is 5.75 Å². The summed E-state index contributed by atoms with van der Waals surface area (Å²) in [5.74, 6) is 3.16. The molecule has 0 atom stereocenters. The van der Waals surface area contributed by atoms with E-state index < -0.39 is 0 Å². The van der Waals surface area contributed by atoms with E-state index in [1.54, 1.807) is 60.9 Å². The molecular formula is C18H21O6. The molecule has 0 fully saturated rings. The van der Waals surface area contributed by atoms with Gasteiger partial charge in [0.1, 0.15) is 17.2 Å². The smallest absolute Gasteiger partial charge is 0.204 e. The molecule has 129 valence electrons. The van der Waals surface area contributed by atoms with Crippen LogP contribution in [-0.2, 0) is 0 Å². The van der Waals surface area contributed by atoms with Gasteiger partial charge < -0.3 is 28.4 Å². The molecule has 0 aliphatic carbocycles. The van der Waals surface area contributed by atoms with E-state index in [0.717, 1.165) is 0 Å². The summed E-state index contributed by atoms with van der Waals surface area (Å²) in [5, 5.41) is 0. The Morgan fingerprint density at radius 2 is 1.25 bits per heavy atom. The molecule has 0 spiro atoms. The third-order valence-electron chi connectivity index (χ3n) is 3.60. The van der Waals surface area contributed by atoms with E-state index in [2.05, 4.69) is 6.07 Å². The molecule has 0 unspecified atom stereocenters. The van der Waals surface area contributed by atoms with Crippen molar-refractivity contribution in [2.75, 3.05) is 42.7 Å². The van der Waals surface area contributed by atoms with Gasteiger partial charge in [-0.15, -0.1) is 0 Å². The van der Waals surface area contributed by atoms with Crippen LogP contribution in [0.4, 0.5) is 0 Å². The predicted molar refractivity (Wildman–Crippen MR) is 90.0 cm³/mol. The number of hydrogen-bond donors (Lipinski definition) is 0. The van der Waals surface area contributed by atoms with Crippen LogP contribution in [0.25, 0.3) is 11.1 Å². The van der Waals surface area contributed by atoms with E-state index in [-0.39, 0.29) is 0 Å². The Balaban J connectivity index is 2.80. The minimum Gasteiger partial charge on any atom is -0.496 e. The Hall–Kier alpha value is -2.76. The van der Waals surface area contributed by atoms with Crippen LogP contribution in [0, 0.1) is 6.07 Å². The zero-order chi connectivity index (χ0) is 17.7. The van der Waals surface area contributed by atoms with Gasteiger partial charge in [-0.1, -0.05) is 0 Å². The van der Waals surface area contributed by atoms with Crippen LogP contribution in [0.2, 0.25) is 0 Å². The van der Waals surface area contributed by atoms with E-state index in [4.69, 9.17) is 28.4 Å². The van der Waals surface area contributed by atoms with Gasteiger partial charge in [0.05, 0.1) is 48.2 Å². The average molecular weight is 333 g/mol. The second-order valence-electron chi connectivity index (χ2n) is 4.71. The minimum atomic E-state index is 0.442. The molecule has 2 aromatic carbocycles. The van der Waals surface area contributed by atoms with Crippen LogP contribution in [-0.4, -0.2) is 42.7 Å². The van der Waals surface area contributed by atoms with Crippen molar-refractivity contribution >= 4 is 0 Å². The summed E-state index contributed by atoms with van der Waals surface area (Å²) >= 11 is 0. The molecule has 0 saturated carbocycles. The van der Waals surface area contributed by atoms with Gasteiger partial charge in [-0.25, -0.2) is 0 Å². The normalized spacial score (nSPS) is 10.1. The first-order chi connectivity index (χ1) is 11.6. The first-order valence-electron chi connectivity index (χ1n) is 7.16. The van der Waals surface area contributed by atoms with Gasteiger partial charge in [0.25, 0.3) is 0 Å². The van der Waals surface area contributed by atoms with Gasteiger partial charge in [-0.2, -0.15) is 0 Å². The standard InChI is InChI=1S/C18H21O6/c1-19-11-9-14(21-3)16(15(10-11)22-4)12-7-8-13(20-2)18(24-6)17(12)23-5/h7,9-10H,1-6H3. The fourth-order valence-corrected chi connectivity index (χ4v) is 2.49. The quantitative estimate of drug-likeness (QED) is 0.775. The lowest BCUT2D eigenvalue weighted by molar-refractivity contribution is 0.324. The number of ether oxygens (including phenoxy) is 6. The molecule has 0 N–H and O–H groups in total. The lowest BCUT2D eigenvalue weighted by atomic mass is 10.0. The summed E-state index contributed by atoms with van der Waals surface area (Å²) in [6, 6.07) is 8.33. The fourth-order valence-electron chi connectivity index (χ4n) is 2.49. The molecule has 0 heterocycles. The van der Waals surface area contributed by atoms with Crippen LogP contribution < -0.4 is 28.4 Å². The van der Waals surface area contributed by atoms with E-state index in [9.17, 15) is 0 Å². The summed E-state index contributed by atoms with van der Waals surface area (Å²) in [4.78, 5) is 0. The van der Waals surface area contributed by atoms with E-state index in [0.29, 0.717) is 45.6 Å². The van der Waals surface area contributed by atoms with Crippen molar-refractivity contribution in [2.45, 2.75) is 0 Å². The zero-order valence-electron chi connectivity index (χ0n) is 14.7. The molecule has 2 aromatic rings. The predicted octanol–water partition coefficient (Wildman–Crippen LogP) is 3.21. The van der Waals surface area contributed by atoms with Gasteiger partial charge >= 0.3 is 0 Å². The summed E-state index contributed by atoms with van der Waals surface area (Å²) in [6.07, 6.45) is 0. The maximum absolute atomic E-state index is 5.55. The zero-order valence-corrected chi connectivity index (χ0v) is 14.7. The lowest BCUT2D eigenvalue weighted by Gasteiger charge is -2.19.